The molecule has 0 bridgehead atoms. The third-order valence-corrected chi connectivity index (χ3v) is 5.42. The highest BCUT2D eigenvalue weighted by Crippen LogP contribution is 2.26. The Balaban J connectivity index is 1.44. The van der Waals surface area contributed by atoms with Crippen LogP contribution < -0.4 is 10.2 Å². The number of hydrogen-bond acceptors (Lipinski definition) is 4. The van der Waals surface area contributed by atoms with Crippen LogP contribution in [0.15, 0.2) is 30.5 Å². The van der Waals surface area contributed by atoms with Crippen LogP contribution in [-0.2, 0) is 4.79 Å². The predicted octanol–water partition coefficient (Wildman–Crippen LogP) is 2.53. The summed E-state index contributed by atoms with van der Waals surface area (Å²) in [5.41, 5.74) is 0.768. The molecule has 3 heterocycles. The van der Waals surface area contributed by atoms with Gasteiger partial charge in [0.05, 0.1) is 6.04 Å². The molecule has 3 amide bonds. The monoisotopic (exact) mass is 367 g/mol. The standard InChI is InChI=1S/C20H25N5O2/c1-23(2)19-17-6-5-15(12-14(17)7-9-21-19)22-20(27)24-11-8-16(13-24)25-10-3-4-18(25)26/h5-7,9,12,16H,3-4,8,10-11,13H2,1-2H3,(H,22,27). The van der Waals surface area contributed by atoms with Crippen molar-refractivity contribution in [3.05, 3.63) is 30.5 Å². The van der Waals surface area contributed by atoms with Gasteiger partial charge in [0.2, 0.25) is 5.91 Å². The van der Waals surface area contributed by atoms with Gasteiger partial charge in [0, 0.05) is 57.4 Å². The largest absolute Gasteiger partial charge is 0.362 e. The van der Waals surface area contributed by atoms with E-state index in [4.69, 9.17) is 0 Å². The summed E-state index contributed by atoms with van der Waals surface area (Å²) in [5, 5.41) is 5.08. The molecule has 1 aromatic carbocycles. The molecule has 142 valence electrons. The second kappa shape index (κ2) is 7.06. The maximum atomic E-state index is 12.7. The van der Waals surface area contributed by atoms with Crippen LogP contribution in [0.5, 0.6) is 0 Å². The molecular formula is C20H25N5O2. The normalized spacial score (nSPS) is 19.8. The predicted molar refractivity (Wildman–Crippen MR) is 106 cm³/mol. The average Bonchev–Trinajstić information content (AvgIpc) is 3.29. The quantitative estimate of drug-likeness (QED) is 0.905. The van der Waals surface area contributed by atoms with Gasteiger partial charge in [-0.3, -0.25) is 4.79 Å². The number of fused-ring (bicyclic) bond motifs is 1. The van der Waals surface area contributed by atoms with Crippen LogP contribution in [0.1, 0.15) is 19.3 Å². The average molecular weight is 367 g/mol. The van der Waals surface area contributed by atoms with E-state index in [0.717, 1.165) is 41.7 Å². The molecule has 7 nitrogen and oxygen atoms in total. The van der Waals surface area contributed by atoms with Gasteiger partial charge in [0.1, 0.15) is 5.82 Å². The summed E-state index contributed by atoms with van der Waals surface area (Å²) in [6.45, 7) is 2.12. The Kier molecular flexibility index (Phi) is 4.59. The van der Waals surface area contributed by atoms with Crippen molar-refractivity contribution in [1.82, 2.24) is 14.8 Å². The van der Waals surface area contributed by atoms with Gasteiger partial charge >= 0.3 is 6.03 Å². The van der Waals surface area contributed by atoms with E-state index in [1.165, 1.54) is 0 Å². The van der Waals surface area contributed by atoms with E-state index in [1.807, 2.05) is 48.2 Å². The number of urea groups is 1. The second-order valence-corrected chi connectivity index (χ2v) is 7.47. The molecule has 2 aromatic rings. The Morgan fingerprint density at radius 1 is 1.26 bits per heavy atom. The van der Waals surface area contributed by atoms with Crippen LogP contribution in [0.3, 0.4) is 0 Å². The van der Waals surface area contributed by atoms with E-state index < -0.39 is 0 Å². The van der Waals surface area contributed by atoms with Gasteiger partial charge < -0.3 is 20.0 Å². The Morgan fingerprint density at radius 2 is 2.11 bits per heavy atom. The van der Waals surface area contributed by atoms with Gasteiger partial charge in [-0.2, -0.15) is 0 Å². The molecule has 2 saturated heterocycles. The van der Waals surface area contributed by atoms with E-state index >= 15 is 0 Å². The lowest BCUT2D eigenvalue weighted by atomic mass is 10.1. The highest BCUT2D eigenvalue weighted by atomic mass is 16.2. The summed E-state index contributed by atoms with van der Waals surface area (Å²) >= 11 is 0. The Bertz CT molecular complexity index is 882. The Hall–Kier alpha value is -2.83. The Labute approximate surface area is 158 Å². The molecule has 0 spiro atoms. The van der Waals surface area contributed by atoms with Gasteiger partial charge in [-0.25, -0.2) is 9.78 Å². The number of carbonyl (C=O) groups excluding carboxylic acids is 2. The van der Waals surface area contributed by atoms with Gasteiger partial charge in [-0.05, 0) is 42.5 Å². The molecule has 2 aliphatic rings. The second-order valence-electron chi connectivity index (χ2n) is 7.47. The lowest BCUT2D eigenvalue weighted by molar-refractivity contribution is -0.129. The van der Waals surface area contributed by atoms with E-state index in [0.29, 0.717) is 19.5 Å². The summed E-state index contributed by atoms with van der Waals surface area (Å²) < 4.78 is 0. The van der Waals surface area contributed by atoms with Gasteiger partial charge in [0.25, 0.3) is 0 Å². The van der Waals surface area contributed by atoms with Crippen molar-refractivity contribution in [3.63, 3.8) is 0 Å². The van der Waals surface area contributed by atoms with E-state index in [2.05, 4.69) is 10.3 Å². The van der Waals surface area contributed by atoms with Crippen molar-refractivity contribution < 1.29 is 9.59 Å². The summed E-state index contributed by atoms with van der Waals surface area (Å²) in [4.78, 5) is 34.7. The van der Waals surface area contributed by atoms with Crippen molar-refractivity contribution in [2.24, 2.45) is 0 Å². The number of hydrogen-bond donors (Lipinski definition) is 1. The molecule has 7 heteroatoms. The first-order valence-corrected chi connectivity index (χ1v) is 9.44. The van der Waals surface area contributed by atoms with E-state index in [1.54, 1.807) is 11.1 Å². The minimum Gasteiger partial charge on any atom is -0.362 e. The lowest BCUT2D eigenvalue weighted by Crippen LogP contribution is -2.40. The molecule has 1 N–H and O–H groups in total. The van der Waals surface area contributed by atoms with Gasteiger partial charge in [0.15, 0.2) is 0 Å². The molecule has 2 aliphatic heterocycles. The number of nitrogens with zero attached hydrogens (tertiary/aromatic N) is 4. The zero-order valence-electron chi connectivity index (χ0n) is 15.8. The minimum absolute atomic E-state index is 0.106. The first-order chi connectivity index (χ1) is 13.0. The number of nitrogens with one attached hydrogen (secondary N) is 1. The number of amides is 3. The molecule has 1 atom stereocenters. The number of anilines is 2. The highest BCUT2D eigenvalue weighted by Gasteiger charge is 2.34. The van der Waals surface area contributed by atoms with Crippen LogP contribution in [-0.4, -0.2) is 66.5 Å². The number of pyridine rings is 1. The van der Waals surface area contributed by atoms with Crippen LogP contribution in [0.4, 0.5) is 16.3 Å². The van der Waals surface area contributed by atoms with Crippen LogP contribution >= 0.6 is 0 Å². The van der Waals surface area contributed by atoms with Crippen molar-refractivity contribution in [2.45, 2.75) is 25.3 Å². The maximum Gasteiger partial charge on any atom is 0.321 e. The van der Waals surface area contributed by atoms with Crippen LogP contribution in [0, 0.1) is 0 Å². The topological polar surface area (TPSA) is 68.8 Å². The van der Waals surface area contributed by atoms with Crippen molar-refractivity contribution in [3.8, 4) is 0 Å². The number of carbonyl (C=O) groups is 2. The first-order valence-electron chi connectivity index (χ1n) is 9.44. The number of aromatic nitrogens is 1. The fourth-order valence-electron chi connectivity index (χ4n) is 4.03. The first kappa shape index (κ1) is 17.6. The smallest absolute Gasteiger partial charge is 0.321 e. The van der Waals surface area contributed by atoms with Crippen molar-refractivity contribution >= 4 is 34.2 Å². The van der Waals surface area contributed by atoms with Crippen molar-refractivity contribution in [2.75, 3.05) is 43.9 Å². The molecule has 0 aliphatic carbocycles. The highest BCUT2D eigenvalue weighted by molar-refractivity contribution is 5.97. The number of benzene rings is 1. The zero-order valence-corrected chi connectivity index (χ0v) is 15.8. The minimum atomic E-state index is -0.106. The van der Waals surface area contributed by atoms with Gasteiger partial charge in [-0.1, -0.05) is 0 Å². The molecule has 0 radical (unpaired) electrons. The summed E-state index contributed by atoms with van der Waals surface area (Å²) in [5.74, 6) is 1.13. The zero-order chi connectivity index (χ0) is 19.0. The molecule has 4 rings (SSSR count). The number of rotatable bonds is 3. The van der Waals surface area contributed by atoms with E-state index in [-0.39, 0.29) is 18.0 Å². The van der Waals surface area contributed by atoms with Gasteiger partial charge in [-0.15, -0.1) is 0 Å². The van der Waals surface area contributed by atoms with E-state index in [9.17, 15) is 9.59 Å². The molecule has 2 fully saturated rings. The molecule has 0 saturated carbocycles. The van der Waals surface area contributed by atoms with Crippen LogP contribution in [0.25, 0.3) is 10.8 Å². The maximum absolute atomic E-state index is 12.7. The summed E-state index contributed by atoms with van der Waals surface area (Å²) in [7, 11) is 3.93. The lowest BCUT2D eigenvalue weighted by Gasteiger charge is -2.24. The fourth-order valence-corrected chi connectivity index (χ4v) is 4.03. The van der Waals surface area contributed by atoms with Crippen molar-refractivity contribution in [1.29, 1.82) is 0 Å². The molecule has 27 heavy (non-hydrogen) atoms. The Morgan fingerprint density at radius 3 is 2.85 bits per heavy atom. The third-order valence-electron chi connectivity index (χ3n) is 5.42. The SMILES string of the molecule is CN(C)c1nccc2cc(NC(=O)N3CCC(N4CCCC4=O)C3)ccc12. The summed E-state index contributed by atoms with van der Waals surface area (Å²) in [6.07, 6.45) is 4.21. The molecule has 1 unspecified atom stereocenters. The fraction of sp³-hybridized carbons (Fsp3) is 0.450. The number of likely N-dealkylation sites (tertiary alicyclic amines) is 2. The van der Waals surface area contributed by atoms with Crippen LogP contribution in [0.2, 0.25) is 0 Å². The molecular weight excluding hydrogens is 342 g/mol. The molecule has 1 aromatic heterocycles. The summed E-state index contributed by atoms with van der Waals surface area (Å²) in [6, 6.07) is 7.87. The third kappa shape index (κ3) is 3.41.